The second-order valence-corrected chi connectivity index (χ2v) is 8.04. The van der Waals surface area contributed by atoms with Crippen LogP contribution in [0.1, 0.15) is 39.5 Å². The Labute approximate surface area is 116 Å². The molecule has 0 bridgehead atoms. The molecule has 0 N–H and O–H groups in total. The largest absolute Gasteiger partial charge is 0.340 e. The average molecular weight is 288 g/mol. The molecule has 1 amide bonds. The van der Waals surface area contributed by atoms with Crippen LogP contribution in [0, 0.1) is 5.92 Å². The maximum Gasteiger partial charge on any atom is 0.225 e. The first-order chi connectivity index (χ1) is 8.93. The fraction of sp³-hybridized carbons (Fsp3) is 0.923. The number of carbonyl (C=O) groups excluding carboxylic acids is 1. The van der Waals surface area contributed by atoms with Crippen molar-refractivity contribution in [2.45, 2.75) is 44.8 Å². The van der Waals surface area contributed by atoms with Crippen LogP contribution < -0.4 is 0 Å². The molecule has 1 heterocycles. The van der Waals surface area contributed by atoms with Gasteiger partial charge in [0, 0.05) is 32.1 Å². The quantitative estimate of drug-likeness (QED) is 0.780. The molecule has 1 aliphatic heterocycles. The van der Waals surface area contributed by atoms with Gasteiger partial charge in [-0.1, -0.05) is 26.7 Å². The highest BCUT2D eigenvalue weighted by atomic mass is 32.2. The van der Waals surface area contributed by atoms with Gasteiger partial charge in [0.05, 0.1) is 5.25 Å². The molecule has 19 heavy (non-hydrogen) atoms. The lowest BCUT2D eigenvalue weighted by Gasteiger charge is -2.36. The van der Waals surface area contributed by atoms with E-state index in [9.17, 15) is 13.2 Å². The zero-order valence-corrected chi connectivity index (χ0v) is 12.7. The van der Waals surface area contributed by atoms with Gasteiger partial charge in [-0.05, 0) is 12.8 Å². The Morgan fingerprint density at radius 3 is 2.05 bits per heavy atom. The number of carbonyl (C=O) groups is 1. The topological polar surface area (TPSA) is 57.7 Å². The molecule has 110 valence electrons. The fourth-order valence-electron chi connectivity index (χ4n) is 2.93. The summed E-state index contributed by atoms with van der Waals surface area (Å²) in [6, 6.07) is 0. The van der Waals surface area contributed by atoms with Gasteiger partial charge in [0.1, 0.15) is 0 Å². The molecule has 0 unspecified atom stereocenters. The van der Waals surface area contributed by atoms with Crippen LogP contribution in [-0.4, -0.2) is 55.0 Å². The van der Waals surface area contributed by atoms with Crippen molar-refractivity contribution >= 4 is 15.9 Å². The van der Waals surface area contributed by atoms with E-state index in [1.165, 1.54) is 0 Å². The highest BCUT2D eigenvalue weighted by Crippen LogP contribution is 2.27. The van der Waals surface area contributed by atoms with Crippen LogP contribution >= 0.6 is 0 Å². The summed E-state index contributed by atoms with van der Waals surface area (Å²) in [5, 5.41) is -0.181. The lowest BCUT2D eigenvalue weighted by Crippen LogP contribution is -2.53. The van der Waals surface area contributed by atoms with Crippen molar-refractivity contribution in [2.24, 2.45) is 5.92 Å². The molecule has 2 fully saturated rings. The summed E-state index contributed by atoms with van der Waals surface area (Å²) >= 11 is 0. The standard InChI is InChI=1S/C13H24N2O3S/c1-11(2)13(16)14-7-9-15(10-8-14)19(17,18)12-5-3-4-6-12/h11-12H,3-10H2,1-2H3. The minimum absolute atomic E-state index is 0.0158. The molecular formula is C13H24N2O3S. The van der Waals surface area contributed by atoms with Crippen molar-refractivity contribution in [1.82, 2.24) is 9.21 Å². The number of hydrogen-bond acceptors (Lipinski definition) is 3. The third-order valence-corrected chi connectivity index (χ3v) is 6.53. The van der Waals surface area contributed by atoms with Crippen molar-refractivity contribution in [1.29, 1.82) is 0 Å². The van der Waals surface area contributed by atoms with E-state index in [2.05, 4.69) is 0 Å². The van der Waals surface area contributed by atoms with Crippen LogP contribution in [0.2, 0.25) is 0 Å². The van der Waals surface area contributed by atoms with E-state index >= 15 is 0 Å². The second-order valence-electron chi connectivity index (χ2n) is 5.83. The molecule has 0 aromatic rings. The molecule has 1 saturated carbocycles. The van der Waals surface area contributed by atoms with Gasteiger partial charge in [0.15, 0.2) is 0 Å². The predicted molar refractivity (Wildman–Crippen MR) is 74.2 cm³/mol. The molecule has 2 rings (SSSR count). The number of sulfonamides is 1. The summed E-state index contributed by atoms with van der Waals surface area (Å²) in [4.78, 5) is 13.7. The molecule has 1 aliphatic carbocycles. The number of hydrogen-bond donors (Lipinski definition) is 0. The van der Waals surface area contributed by atoms with Crippen molar-refractivity contribution in [2.75, 3.05) is 26.2 Å². The van der Waals surface area contributed by atoms with Gasteiger partial charge in [0.2, 0.25) is 15.9 Å². The van der Waals surface area contributed by atoms with Crippen LogP contribution in [-0.2, 0) is 14.8 Å². The number of rotatable bonds is 3. The molecule has 2 aliphatic rings. The normalized spacial score (nSPS) is 23.2. The van der Waals surface area contributed by atoms with Crippen LogP contribution in [0.25, 0.3) is 0 Å². The van der Waals surface area contributed by atoms with Crippen molar-refractivity contribution in [3.63, 3.8) is 0 Å². The van der Waals surface area contributed by atoms with E-state index in [1.54, 1.807) is 9.21 Å². The van der Waals surface area contributed by atoms with Crippen molar-refractivity contribution in [3.05, 3.63) is 0 Å². The Morgan fingerprint density at radius 2 is 1.58 bits per heavy atom. The van der Waals surface area contributed by atoms with E-state index < -0.39 is 10.0 Å². The van der Waals surface area contributed by atoms with Gasteiger partial charge in [-0.3, -0.25) is 4.79 Å². The monoisotopic (exact) mass is 288 g/mol. The van der Waals surface area contributed by atoms with Crippen LogP contribution in [0.3, 0.4) is 0 Å². The second kappa shape index (κ2) is 5.79. The smallest absolute Gasteiger partial charge is 0.225 e. The molecule has 0 atom stereocenters. The number of amides is 1. The average Bonchev–Trinajstić information content (AvgIpc) is 2.92. The molecule has 1 saturated heterocycles. The van der Waals surface area contributed by atoms with E-state index in [-0.39, 0.29) is 17.1 Å². The highest BCUT2D eigenvalue weighted by molar-refractivity contribution is 7.89. The predicted octanol–water partition coefficient (Wildman–Crippen LogP) is 1.06. The van der Waals surface area contributed by atoms with Crippen molar-refractivity contribution in [3.8, 4) is 0 Å². The van der Waals surface area contributed by atoms with E-state index in [4.69, 9.17) is 0 Å². The van der Waals surface area contributed by atoms with Crippen LogP contribution in [0.4, 0.5) is 0 Å². The van der Waals surface area contributed by atoms with Gasteiger partial charge in [-0.25, -0.2) is 8.42 Å². The summed E-state index contributed by atoms with van der Waals surface area (Å²) in [5.74, 6) is 0.107. The fourth-order valence-corrected chi connectivity index (χ4v) is 4.95. The lowest BCUT2D eigenvalue weighted by atomic mass is 10.2. The minimum Gasteiger partial charge on any atom is -0.340 e. The number of nitrogens with zero attached hydrogens (tertiary/aromatic N) is 2. The van der Waals surface area contributed by atoms with Crippen LogP contribution in [0.15, 0.2) is 0 Å². The molecule has 0 spiro atoms. The maximum atomic E-state index is 12.4. The van der Waals surface area contributed by atoms with E-state index in [1.807, 2.05) is 13.8 Å². The Bertz CT molecular complexity index is 419. The molecular weight excluding hydrogens is 264 g/mol. The van der Waals surface area contributed by atoms with Gasteiger partial charge in [-0.2, -0.15) is 4.31 Å². The van der Waals surface area contributed by atoms with Gasteiger partial charge in [0.25, 0.3) is 0 Å². The zero-order valence-electron chi connectivity index (χ0n) is 11.8. The minimum atomic E-state index is -3.14. The first-order valence-corrected chi connectivity index (χ1v) is 8.71. The maximum absolute atomic E-state index is 12.4. The van der Waals surface area contributed by atoms with Gasteiger partial charge < -0.3 is 4.90 Å². The van der Waals surface area contributed by atoms with Gasteiger partial charge in [-0.15, -0.1) is 0 Å². The summed E-state index contributed by atoms with van der Waals surface area (Å²) in [5.41, 5.74) is 0. The molecule has 5 nitrogen and oxygen atoms in total. The summed E-state index contributed by atoms with van der Waals surface area (Å²) < 4.78 is 26.4. The molecule has 0 aromatic carbocycles. The lowest BCUT2D eigenvalue weighted by molar-refractivity contribution is -0.135. The molecule has 6 heteroatoms. The van der Waals surface area contributed by atoms with Crippen molar-refractivity contribution < 1.29 is 13.2 Å². The van der Waals surface area contributed by atoms with Crippen LogP contribution in [0.5, 0.6) is 0 Å². The first-order valence-electron chi connectivity index (χ1n) is 7.20. The Balaban J connectivity index is 1.94. The third kappa shape index (κ3) is 3.11. The number of piperazine rings is 1. The Hall–Kier alpha value is -0.620. The van der Waals surface area contributed by atoms with Gasteiger partial charge >= 0.3 is 0 Å². The SMILES string of the molecule is CC(C)C(=O)N1CCN(S(=O)(=O)C2CCCC2)CC1. The van der Waals surface area contributed by atoms with E-state index in [0.717, 1.165) is 25.7 Å². The molecule has 0 aromatic heterocycles. The molecule has 0 radical (unpaired) electrons. The third-order valence-electron chi connectivity index (χ3n) is 4.13. The summed E-state index contributed by atoms with van der Waals surface area (Å²) in [6.07, 6.45) is 3.65. The zero-order chi connectivity index (χ0) is 14.0. The Kier molecular flexibility index (Phi) is 4.50. The Morgan fingerprint density at radius 1 is 1.05 bits per heavy atom. The summed E-state index contributed by atoms with van der Waals surface area (Å²) in [6.45, 7) is 5.73. The summed E-state index contributed by atoms with van der Waals surface area (Å²) in [7, 11) is -3.14. The highest BCUT2D eigenvalue weighted by Gasteiger charge is 2.36. The first kappa shape index (κ1) is 14.8. The van der Waals surface area contributed by atoms with E-state index in [0.29, 0.717) is 26.2 Å².